The second-order valence-corrected chi connectivity index (χ2v) is 7.23. The molecule has 0 N–H and O–H groups in total. The number of pyridine rings is 1. The zero-order chi connectivity index (χ0) is 14.4. The summed E-state index contributed by atoms with van der Waals surface area (Å²) in [6.45, 7) is 9.90. The molecule has 4 nitrogen and oxygen atoms in total. The maximum atomic E-state index is 11.9. The van der Waals surface area contributed by atoms with Crippen molar-refractivity contribution in [2.75, 3.05) is 6.26 Å². The summed E-state index contributed by atoms with van der Waals surface area (Å²) in [5, 5.41) is 0. The second-order valence-electron chi connectivity index (χ2n) is 5.92. The Morgan fingerprint density at radius 1 is 1.16 bits per heavy atom. The molecular formula is C13H20BNO3S. The number of hydrogen-bond acceptors (Lipinski definition) is 4. The molecule has 0 aromatic carbocycles. The average Bonchev–Trinajstić information content (AvgIpc) is 2.47. The molecule has 0 aliphatic carbocycles. The van der Waals surface area contributed by atoms with E-state index >= 15 is 0 Å². The van der Waals surface area contributed by atoms with Crippen molar-refractivity contribution < 1.29 is 13.5 Å². The number of hydrogen-bond donors (Lipinski definition) is 0. The van der Waals surface area contributed by atoms with Gasteiger partial charge in [-0.2, -0.15) is 0 Å². The van der Waals surface area contributed by atoms with Crippen LogP contribution in [0.3, 0.4) is 0 Å². The van der Waals surface area contributed by atoms with Crippen molar-refractivity contribution in [3.05, 3.63) is 18.0 Å². The molecule has 6 heteroatoms. The number of aromatic nitrogens is 1. The zero-order valence-electron chi connectivity index (χ0n) is 12.3. The molecule has 1 aliphatic rings. The first-order chi connectivity index (χ1) is 8.66. The van der Waals surface area contributed by atoms with Crippen LogP contribution in [-0.2, 0) is 20.1 Å². The largest absolute Gasteiger partial charge is 0.497 e. The number of aryl methyl sites for hydroxylation is 1. The zero-order valence-corrected chi connectivity index (χ0v) is 13.1. The first-order valence-electron chi connectivity index (χ1n) is 6.29. The minimum Gasteiger partial charge on any atom is -0.399 e. The monoisotopic (exact) mass is 281 g/mol. The molecule has 0 bridgehead atoms. The van der Waals surface area contributed by atoms with E-state index < -0.39 is 29.1 Å². The first-order valence-corrected chi connectivity index (χ1v) is 7.85. The molecule has 1 aromatic rings. The van der Waals surface area contributed by atoms with Gasteiger partial charge in [-0.3, -0.25) is 9.19 Å². The lowest BCUT2D eigenvalue weighted by atomic mass is 9.79. The smallest absolute Gasteiger partial charge is 0.399 e. The first kappa shape index (κ1) is 14.7. The lowest BCUT2D eigenvalue weighted by Gasteiger charge is -2.32. The molecule has 2 rings (SSSR count). The van der Waals surface area contributed by atoms with Gasteiger partial charge in [-0.25, -0.2) is 0 Å². The normalized spacial score (nSPS) is 22.5. The fourth-order valence-corrected chi connectivity index (χ4v) is 3.09. The van der Waals surface area contributed by atoms with Gasteiger partial charge in [-0.05, 0) is 40.2 Å². The second kappa shape index (κ2) is 4.68. The van der Waals surface area contributed by atoms with Crippen molar-refractivity contribution in [2.45, 2.75) is 50.7 Å². The van der Waals surface area contributed by atoms with Gasteiger partial charge in [0.2, 0.25) is 0 Å². The Kier molecular flexibility index (Phi) is 3.62. The predicted molar refractivity (Wildman–Crippen MR) is 77.0 cm³/mol. The van der Waals surface area contributed by atoms with Crippen LogP contribution in [0, 0.1) is 6.92 Å². The van der Waals surface area contributed by atoms with Gasteiger partial charge in [0.05, 0.1) is 11.2 Å². The molecule has 1 aromatic heterocycles. The molecule has 1 saturated heterocycles. The van der Waals surface area contributed by atoms with E-state index in [-0.39, 0.29) is 0 Å². The highest BCUT2D eigenvalue weighted by Gasteiger charge is 2.52. The summed E-state index contributed by atoms with van der Waals surface area (Å²) in [5.74, 6) is 0. The van der Waals surface area contributed by atoms with Gasteiger partial charge in [0.15, 0.2) is 0 Å². The van der Waals surface area contributed by atoms with Crippen LogP contribution in [0.15, 0.2) is 17.3 Å². The highest BCUT2D eigenvalue weighted by Crippen LogP contribution is 2.36. The molecule has 0 spiro atoms. The quantitative estimate of drug-likeness (QED) is 0.769. The lowest BCUT2D eigenvalue weighted by molar-refractivity contribution is 0.00578. The van der Waals surface area contributed by atoms with Crippen molar-refractivity contribution in [1.82, 2.24) is 4.98 Å². The predicted octanol–water partition coefficient (Wildman–Crippen LogP) is 1.43. The Labute approximate surface area is 117 Å². The van der Waals surface area contributed by atoms with E-state index in [1.807, 2.05) is 34.6 Å². The van der Waals surface area contributed by atoms with Crippen LogP contribution >= 0.6 is 0 Å². The molecule has 1 unspecified atom stereocenters. The van der Waals surface area contributed by atoms with Crippen LogP contribution in [0.2, 0.25) is 0 Å². The maximum Gasteiger partial charge on any atom is 0.497 e. The standard InChI is InChI=1S/C13H20BNO3S/c1-9-7-15-8-10(11(9)19(6)16)14-17-12(2,3)13(4,5)18-14/h7-8H,1-6H3. The molecule has 104 valence electrons. The molecule has 2 heterocycles. The molecule has 1 atom stereocenters. The van der Waals surface area contributed by atoms with E-state index in [1.54, 1.807) is 18.6 Å². The maximum absolute atomic E-state index is 11.9. The summed E-state index contributed by atoms with van der Waals surface area (Å²) >= 11 is 0. The topological polar surface area (TPSA) is 48.4 Å². The molecule has 1 fully saturated rings. The van der Waals surface area contributed by atoms with Crippen LogP contribution in [0.4, 0.5) is 0 Å². The molecular weight excluding hydrogens is 261 g/mol. The summed E-state index contributed by atoms with van der Waals surface area (Å²) < 4.78 is 23.9. The van der Waals surface area contributed by atoms with Gasteiger partial charge in [0, 0.05) is 39.8 Å². The molecule has 19 heavy (non-hydrogen) atoms. The summed E-state index contributed by atoms with van der Waals surface area (Å²) in [6.07, 6.45) is 5.06. The van der Waals surface area contributed by atoms with E-state index in [9.17, 15) is 4.21 Å². The van der Waals surface area contributed by atoms with Crippen molar-refractivity contribution in [1.29, 1.82) is 0 Å². The van der Waals surface area contributed by atoms with E-state index in [1.165, 1.54) is 0 Å². The van der Waals surface area contributed by atoms with E-state index in [0.29, 0.717) is 0 Å². The van der Waals surface area contributed by atoms with Gasteiger partial charge in [-0.1, -0.05) is 0 Å². The Morgan fingerprint density at radius 2 is 1.68 bits per heavy atom. The van der Waals surface area contributed by atoms with Crippen LogP contribution in [0.1, 0.15) is 33.3 Å². The van der Waals surface area contributed by atoms with E-state index in [4.69, 9.17) is 9.31 Å². The van der Waals surface area contributed by atoms with Crippen LogP contribution in [0.25, 0.3) is 0 Å². The number of nitrogens with zero attached hydrogens (tertiary/aromatic N) is 1. The molecule has 0 radical (unpaired) electrons. The lowest BCUT2D eigenvalue weighted by Crippen LogP contribution is -2.41. The summed E-state index contributed by atoms with van der Waals surface area (Å²) in [4.78, 5) is 4.93. The average molecular weight is 281 g/mol. The van der Waals surface area contributed by atoms with Crippen LogP contribution in [0.5, 0.6) is 0 Å². The van der Waals surface area contributed by atoms with Crippen molar-refractivity contribution in [2.24, 2.45) is 0 Å². The van der Waals surface area contributed by atoms with Crippen molar-refractivity contribution >= 4 is 23.4 Å². The molecule has 0 saturated carbocycles. The number of rotatable bonds is 2. The fraction of sp³-hybridized carbons (Fsp3) is 0.615. The Balaban J connectivity index is 2.46. The van der Waals surface area contributed by atoms with Gasteiger partial charge < -0.3 is 9.31 Å². The van der Waals surface area contributed by atoms with Gasteiger partial charge in [0.25, 0.3) is 0 Å². The Bertz CT molecular complexity index is 515. The molecule has 1 aliphatic heterocycles. The van der Waals surface area contributed by atoms with Gasteiger partial charge >= 0.3 is 7.12 Å². The summed E-state index contributed by atoms with van der Waals surface area (Å²) in [5.41, 5.74) is 0.842. The Hall–Kier alpha value is -0.715. The van der Waals surface area contributed by atoms with Gasteiger partial charge in [0.1, 0.15) is 0 Å². The fourth-order valence-electron chi connectivity index (χ4n) is 2.10. The highest BCUT2D eigenvalue weighted by atomic mass is 32.2. The third kappa shape index (κ3) is 2.49. The minimum atomic E-state index is -1.10. The van der Waals surface area contributed by atoms with Gasteiger partial charge in [-0.15, -0.1) is 0 Å². The summed E-state index contributed by atoms with van der Waals surface area (Å²) in [6, 6.07) is 0. The molecule has 0 amide bonds. The van der Waals surface area contributed by atoms with Crippen molar-refractivity contribution in [3.8, 4) is 0 Å². The summed E-state index contributed by atoms with van der Waals surface area (Å²) in [7, 11) is -1.62. The Morgan fingerprint density at radius 3 is 2.16 bits per heavy atom. The third-order valence-electron chi connectivity index (χ3n) is 3.90. The van der Waals surface area contributed by atoms with Crippen LogP contribution in [-0.4, -0.2) is 33.8 Å². The van der Waals surface area contributed by atoms with E-state index in [0.717, 1.165) is 15.9 Å². The van der Waals surface area contributed by atoms with Crippen LogP contribution < -0.4 is 5.46 Å². The third-order valence-corrected chi connectivity index (χ3v) is 5.03. The highest BCUT2D eigenvalue weighted by molar-refractivity contribution is 7.84. The SMILES string of the molecule is Cc1cncc(B2OC(C)(C)C(C)(C)O2)c1S(C)=O. The minimum absolute atomic E-state index is 0.409. The van der Waals surface area contributed by atoms with Crippen molar-refractivity contribution in [3.63, 3.8) is 0 Å². The van der Waals surface area contributed by atoms with E-state index in [2.05, 4.69) is 4.98 Å².